The van der Waals surface area contributed by atoms with Crippen molar-refractivity contribution in [1.29, 1.82) is 0 Å². The maximum Gasteiger partial charge on any atom is 0.329 e. The number of aryl methyl sites for hydroxylation is 2. The van der Waals surface area contributed by atoms with Crippen LogP contribution in [0.5, 0.6) is 0 Å². The van der Waals surface area contributed by atoms with Gasteiger partial charge in [-0.1, -0.05) is 0 Å². The highest BCUT2D eigenvalue weighted by Crippen LogP contribution is 2.11. The molecule has 28 heavy (non-hydrogen) atoms. The first-order valence-corrected chi connectivity index (χ1v) is 8.95. The number of benzene rings is 1. The fraction of sp³-hybridized carbons (Fsp3) is 0.300. The van der Waals surface area contributed by atoms with Gasteiger partial charge in [0.15, 0.2) is 0 Å². The molecule has 0 radical (unpaired) electrons. The molecule has 8 nitrogen and oxygen atoms in total. The molecule has 0 unspecified atom stereocenters. The van der Waals surface area contributed by atoms with E-state index in [1.807, 2.05) is 13.0 Å². The van der Waals surface area contributed by atoms with Crippen LogP contribution in [0.1, 0.15) is 47.1 Å². The van der Waals surface area contributed by atoms with Crippen LogP contribution in [0.3, 0.4) is 0 Å². The first-order chi connectivity index (χ1) is 13.2. The molecule has 0 atom stereocenters. The maximum atomic E-state index is 12.5. The number of nitrogens with one attached hydrogen (secondary N) is 3. The second kappa shape index (κ2) is 7.30. The van der Waals surface area contributed by atoms with Crippen molar-refractivity contribution in [3.8, 4) is 0 Å². The molecule has 0 saturated carbocycles. The Balaban J connectivity index is 1.91. The minimum Gasteiger partial charge on any atom is -0.348 e. The van der Waals surface area contributed by atoms with E-state index in [1.165, 1.54) is 18.2 Å². The van der Waals surface area contributed by atoms with E-state index in [0.29, 0.717) is 16.5 Å². The van der Waals surface area contributed by atoms with Crippen molar-refractivity contribution in [2.75, 3.05) is 0 Å². The lowest BCUT2D eigenvalue weighted by atomic mass is 10.1. The van der Waals surface area contributed by atoms with Gasteiger partial charge >= 0.3 is 5.69 Å². The van der Waals surface area contributed by atoms with Crippen LogP contribution in [0.15, 0.2) is 38.6 Å². The number of amides is 1. The molecule has 3 N–H and O–H groups in total. The second-order valence-corrected chi connectivity index (χ2v) is 7.09. The summed E-state index contributed by atoms with van der Waals surface area (Å²) in [6.45, 7) is 7.17. The molecule has 3 aromatic rings. The summed E-state index contributed by atoms with van der Waals surface area (Å²) in [5, 5.41) is 3.03. The fourth-order valence-electron chi connectivity index (χ4n) is 3.21. The van der Waals surface area contributed by atoms with E-state index in [9.17, 15) is 19.2 Å². The monoisotopic (exact) mass is 382 g/mol. The zero-order chi connectivity index (χ0) is 20.6. The highest BCUT2D eigenvalue weighted by atomic mass is 16.2. The van der Waals surface area contributed by atoms with E-state index in [4.69, 9.17) is 0 Å². The topological polar surface area (TPSA) is 117 Å². The minimum atomic E-state index is -0.521. The second-order valence-electron chi connectivity index (χ2n) is 7.09. The van der Waals surface area contributed by atoms with Crippen molar-refractivity contribution in [3.63, 3.8) is 0 Å². The van der Waals surface area contributed by atoms with Crippen LogP contribution in [0.25, 0.3) is 10.9 Å². The number of H-pyrrole nitrogens is 2. The Morgan fingerprint density at radius 1 is 1.11 bits per heavy atom. The van der Waals surface area contributed by atoms with E-state index in [-0.39, 0.29) is 23.7 Å². The van der Waals surface area contributed by atoms with E-state index in [1.54, 1.807) is 20.8 Å². The highest BCUT2D eigenvalue weighted by molar-refractivity contribution is 5.97. The molecule has 0 spiro atoms. The number of hydrogen-bond donors (Lipinski definition) is 3. The number of pyridine rings is 1. The van der Waals surface area contributed by atoms with Gasteiger partial charge in [0.2, 0.25) is 0 Å². The molecule has 1 aromatic carbocycles. The normalized spacial score (nSPS) is 11.2. The van der Waals surface area contributed by atoms with Crippen molar-refractivity contribution in [1.82, 2.24) is 19.9 Å². The lowest BCUT2D eigenvalue weighted by Crippen LogP contribution is -2.36. The zero-order valence-electron chi connectivity index (χ0n) is 16.2. The average Bonchev–Trinajstić information content (AvgIpc) is 2.59. The van der Waals surface area contributed by atoms with Crippen LogP contribution in [0.2, 0.25) is 0 Å². The Kier molecular flexibility index (Phi) is 5.04. The number of fused-ring (bicyclic) bond motifs is 1. The number of aromatic nitrogens is 3. The van der Waals surface area contributed by atoms with Gasteiger partial charge in [0.05, 0.1) is 10.9 Å². The van der Waals surface area contributed by atoms with Gasteiger partial charge in [-0.25, -0.2) is 4.79 Å². The lowest BCUT2D eigenvalue weighted by molar-refractivity contribution is 0.0951. The third-order valence-corrected chi connectivity index (χ3v) is 4.63. The average molecular weight is 382 g/mol. The van der Waals surface area contributed by atoms with Crippen molar-refractivity contribution in [3.05, 3.63) is 77.8 Å². The van der Waals surface area contributed by atoms with Crippen molar-refractivity contribution in [2.45, 2.75) is 40.3 Å². The van der Waals surface area contributed by atoms with E-state index in [2.05, 4.69) is 15.3 Å². The van der Waals surface area contributed by atoms with Crippen molar-refractivity contribution < 1.29 is 4.79 Å². The van der Waals surface area contributed by atoms with Crippen molar-refractivity contribution >= 4 is 16.8 Å². The molecule has 146 valence electrons. The molecule has 0 aliphatic rings. The molecule has 3 rings (SSSR count). The van der Waals surface area contributed by atoms with E-state index in [0.717, 1.165) is 15.8 Å². The van der Waals surface area contributed by atoms with Crippen LogP contribution < -0.4 is 22.1 Å². The molecule has 2 aromatic heterocycles. The van der Waals surface area contributed by atoms with Crippen LogP contribution in [0.4, 0.5) is 0 Å². The summed E-state index contributed by atoms with van der Waals surface area (Å²) in [6, 6.07) is 6.06. The summed E-state index contributed by atoms with van der Waals surface area (Å²) < 4.78 is 1.13. The van der Waals surface area contributed by atoms with Crippen LogP contribution in [0, 0.1) is 13.8 Å². The van der Waals surface area contributed by atoms with Gasteiger partial charge in [-0.2, -0.15) is 0 Å². The van der Waals surface area contributed by atoms with Gasteiger partial charge in [-0.15, -0.1) is 0 Å². The predicted octanol–water partition coefficient (Wildman–Crippen LogP) is 1.51. The van der Waals surface area contributed by atoms with Gasteiger partial charge < -0.3 is 15.3 Å². The first-order valence-electron chi connectivity index (χ1n) is 8.95. The van der Waals surface area contributed by atoms with Gasteiger partial charge in [0.1, 0.15) is 0 Å². The van der Waals surface area contributed by atoms with Crippen LogP contribution >= 0.6 is 0 Å². The summed E-state index contributed by atoms with van der Waals surface area (Å²) in [5.74, 6) is -0.407. The molecular formula is C20H22N4O4. The highest BCUT2D eigenvalue weighted by Gasteiger charge is 2.14. The Morgan fingerprint density at radius 2 is 1.82 bits per heavy atom. The van der Waals surface area contributed by atoms with Crippen LogP contribution in [-0.2, 0) is 6.54 Å². The molecule has 1 amide bonds. The molecular weight excluding hydrogens is 360 g/mol. The molecule has 0 bridgehead atoms. The quantitative estimate of drug-likeness (QED) is 0.634. The predicted molar refractivity (Wildman–Crippen MR) is 107 cm³/mol. The van der Waals surface area contributed by atoms with Crippen LogP contribution in [-0.4, -0.2) is 20.4 Å². The summed E-state index contributed by atoms with van der Waals surface area (Å²) in [7, 11) is 0. The number of rotatable bonds is 4. The smallest absolute Gasteiger partial charge is 0.329 e. The summed E-state index contributed by atoms with van der Waals surface area (Å²) in [6.07, 6.45) is 0. The van der Waals surface area contributed by atoms with Gasteiger partial charge in [0.25, 0.3) is 17.0 Å². The molecule has 8 heteroatoms. The lowest BCUT2D eigenvalue weighted by Gasteiger charge is -2.11. The van der Waals surface area contributed by atoms with E-state index >= 15 is 0 Å². The number of hydrogen-bond acceptors (Lipinski definition) is 4. The molecule has 0 aliphatic carbocycles. The van der Waals surface area contributed by atoms with Gasteiger partial charge in [0, 0.05) is 29.4 Å². The molecule has 0 saturated heterocycles. The summed E-state index contributed by atoms with van der Waals surface area (Å²) >= 11 is 0. The number of nitrogens with zero attached hydrogens (tertiary/aromatic N) is 1. The Bertz CT molecular complexity index is 1250. The molecule has 0 aliphatic heterocycles. The first kappa shape index (κ1) is 19.3. The maximum absolute atomic E-state index is 12.5. The van der Waals surface area contributed by atoms with E-state index < -0.39 is 17.2 Å². The Labute approximate surface area is 160 Å². The third-order valence-electron chi connectivity index (χ3n) is 4.63. The van der Waals surface area contributed by atoms with Gasteiger partial charge in [-0.3, -0.25) is 19.0 Å². The fourth-order valence-corrected chi connectivity index (χ4v) is 3.21. The minimum absolute atomic E-state index is 0.0732. The number of carbonyl (C=O) groups excluding carboxylic acids is 1. The summed E-state index contributed by atoms with van der Waals surface area (Å²) in [5.41, 5.74) is 1.44. The number of aromatic amines is 2. The molecule has 2 heterocycles. The third kappa shape index (κ3) is 3.53. The zero-order valence-corrected chi connectivity index (χ0v) is 16.2. The molecule has 0 fully saturated rings. The Hall–Kier alpha value is -3.42. The summed E-state index contributed by atoms with van der Waals surface area (Å²) in [4.78, 5) is 54.6. The van der Waals surface area contributed by atoms with Crippen molar-refractivity contribution in [2.24, 2.45) is 0 Å². The Morgan fingerprint density at radius 3 is 2.46 bits per heavy atom. The standard InChI is InChI=1S/C20H22N4O4/c1-10(2)24-19(27)14-6-5-13(8-16(14)23-20(24)28)17(25)21-9-15-11(3)7-12(4)22-18(15)26/h5-8,10H,9H2,1-4H3,(H,21,25)(H,22,26)(H,23,28). The number of carbonyl (C=O) groups is 1. The largest absolute Gasteiger partial charge is 0.348 e. The van der Waals surface area contributed by atoms with Gasteiger partial charge in [-0.05, 0) is 57.5 Å². The SMILES string of the molecule is Cc1cc(C)c(CNC(=O)c2ccc3c(=O)n(C(C)C)c(=O)[nH]c3c2)c(=O)[nH]1.